The molecule has 2 aromatic carbocycles. The van der Waals surface area contributed by atoms with Crippen LogP contribution in [0.4, 0.5) is 0 Å². The van der Waals surface area contributed by atoms with E-state index in [1.807, 2.05) is 36.4 Å². The van der Waals surface area contributed by atoms with Crippen molar-refractivity contribution in [2.24, 2.45) is 10.2 Å². The Labute approximate surface area is 147 Å². The second-order valence-electron chi connectivity index (χ2n) is 5.25. The Morgan fingerprint density at radius 1 is 1.36 bits per heavy atom. The molecule has 0 spiro atoms. The van der Waals surface area contributed by atoms with Crippen LogP contribution in [0, 0.1) is 0 Å². The van der Waals surface area contributed by atoms with Crippen molar-refractivity contribution in [1.29, 1.82) is 0 Å². The molecule has 1 aliphatic rings. The van der Waals surface area contributed by atoms with Gasteiger partial charge in [-0.1, -0.05) is 42.1 Å². The number of carbonyl (C=O) groups is 2. The second kappa shape index (κ2) is 7.35. The van der Waals surface area contributed by atoms with Gasteiger partial charge in [0, 0.05) is 10.9 Å². The highest BCUT2D eigenvalue weighted by Gasteiger charge is 2.32. The van der Waals surface area contributed by atoms with E-state index in [9.17, 15) is 9.59 Å². The van der Waals surface area contributed by atoms with E-state index in [2.05, 4.69) is 15.5 Å². The predicted molar refractivity (Wildman–Crippen MR) is 97.3 cm³/mol. The number of thioether (sulfide) groups is 1. The number of nitrogens with zero attached hydrogens (tertiary/aromatic N) is 2. The summed E-state index contributed by atoms with van der Waals surface area (Å²) >= 11 is 1.06. The number of ether oxygens (including phenoxy) is 1. The van der Waals surface area contributed by atoms with Gasteiger partial charge in [0.2, 0.25) is 5.91 Å². The minimum atomic E-state index is -1.03. The van der Waals surface area contributed by atoms with Gasteiger partial charge in [0.25, 0.3) is 0 Å². The van der Waals surface area contributed by atoms with E-state index in [0.29, 0.717) is 5.17 Å². The number of carbonyl (C=O) groups excluding carboxylic acids is 1. The molecule has 7 nitrogen and oxygen atoms in total. The summed E-state index contributed by atoms with van der Waals surface area (Å²) in [5.74, 6) is -0.661. The Morgan fingerprint density at radius 2 is 2.12 bits per heavy atom. The maximum atomic E-state index is 11.7. The number of hydrogen-bond donors (Lipinski definition) is 2. The molecule has 0 saturated carbocycles. The molecule has 1 unspecified atom stereocenters. The molecule has 2 aromatic rings. The molecule has 0 aromatic heterocycles. The molecule has 2 N–H and O–H groups in total. The lowest BCUT2D eigenvalue weighted by atomic mass is 10.0. The van der Waals surface area contributed by atoms with E-state index in [0.717, 1.165) is 33.8 Å². The Balaban J connectivity index is 1.83. The number of rotatable bonds is 5. The third-order valence-corrected chi connectivity index (χ3v) is 4.67. The number of aliphatic carboxylic acids is 1. The zero-order chi connectivity index (χ0) is 17.8. The average Bonchev–Trinajstić information content (AvgIpc) is 2.93. The van der Waals surface area contributed by atoms with Crippen LogP contribution in [0.25, 0.3) is 10.8 Å². The monoisotopic (exact) mass is 357 g/mol. The molecule has 1 saturated heterocycles. The summed E-state index contributed by atoms with van der Waals surface area (Å²) in [5.41, 5.74) is 0.829. The molecule has 1 amide bonds. The highest BCUT2D eigenvalue weighted by molar-refractivity contribution is 8.15. The van der Waals surface area contributed by atoms with Crippen molar-refractivity contribution in [3.05, 3.63) is 42.0 Å². The number of methoxy groups -OCH3 is 1. The summed E-state index contributed by atoms with van der Waals surface area (Å²) < 4.78 is 5.40. The number of carboxylic acid groups (broad SMARTS) is 1. The van der Waals surface area contributed by atoms with Crippen LogP contribution in [0.15, 0.2) is 46.6 Å². The smallest absolute Gasteiger partial charge is 0.305 e. The maximum Gasteiger partial charge on any atom is 0.305 e. The summed E-state index contributed by atoms with van der Waals surface area (Å²) in [5, 5.41) is 20.8. The normalized spacial score (nSPS) is 18.8. The SMILES string of the molecule is COc1cccc2cccc(C=NN=C3NC(=O)C(CC(=O)O)S3)c12. The predicted octanol–water partition coefficient (Wildman–Crippen LogP) is 2.24. The van der Waals surface area contributed by atoms with E-state index in [-0.39, 0.29) is 12.3 Å². The van der Waals surface area contributed by atoms with Crippen molar-refractivity contribution in [1.82, 2.24) is 5.32 Å². The van der Waals surface area contributed by atoms with Crippen LogP contribution >= 0.6 is 11.8 Å². The van der Waals surface area contributed by atoms with Gasteiger partial charge in [0.1, 0.15) is 11.0 Å². The minimum Gasteiger partial charge on any atom is -0.496 e. The number of amides is 1. The molecule has 1 aliphatic heterocycles. The van der Waals surface area contributed by atoms with Crippen molar-refractivity contribution in [2.45, 2.75) is 11.7 Å². The lowest BCUT2D eigenvalue weighted by Crippen LogP contribution is -2.26. The quantitative estimate of drug-likeness (QED) is 0.631. The van der Waals surface area contributed by atoms with Gasteiger partial charge in [-0.25, -0.2) is 0 Å². The zero-order valence-corrected chi connectivity index (χ0v) is 14.1. The van der Waals surface area contributed by atoms with Crippen LogP contribution in [0.2, 0.25) is 0 Å². The van der Waals surface area contributed by atoms with Gasteiger partial charge >= 0.3 is 5.97 Å². The summed E-state index contributed by atoms with van der Waals surface area (Å²) in [6, 6.07) is 11.5. The molecule has 0 bridgehead atoms. The Kier molecular flexibility index (Phi) is 4.99. The Morgan fingerprint density at radius 3 is 2.84 bits per heavy atom. The number of amidine groups is 1. The van der Waals surface area contributed by atoms with E-state index < -0.39 is 11.2 Å². The topological polar surface area (TPSA) is 100 Å². The Bertz CT molecular complexity index is 889. The van der Waals surface area contributed by atoms with Crippen molar-refractivity contribution in [3.63, 3.8) is 0 Å². The van der Waals surface area contributed by atoms with Crippen molar-refractivity contribution >= 4 is 45.8 Å². The van der Waals surface area contributed by atoms with E-state index in [1.165, 1.54) is 0 Å². The Hall–Kier alpha value is -2.87. The first kappa shape index (κ1) is 17.0. The maximum absolute atomic E-state index is 11.7. The summed E-state index contributed by atoms with van der Waals surface area (Å²) in [6.45, 7) is 0. The van der Waals surface area contributed by atoms with Gasteiger partial charge in [-0.3, -0.25) is 9.59 Å². The fourth-order valence-corrected chi connectivity index (χ4v) is 3.42. The van der Waals surface area contributed by atoms with Gasteiger partial charge in [-0.05, 0) is 11.5 Å². The summed E-state index contributed by atoms with van der Waals surface area (Å²) in [6.07, 6.45) is 1.33. The molecule has 1 heterocycles. The lowest BCUT2D eigenvalue weighted by Gasteiger charge is -2.07. The standard InChI is InChI=1S/C17H15N3O4S/c1-24-12-7-3-5-10-4-2-6-11(15(10)12)9-18-20-17-19-16(23)13(25-17)8-14(21)22/h2-7,9,13H,8H2,1H3,(H,21,22)(H,19,20,23). The van der Waals surface area contributed by atoms with E-state index >= 15 is 0 Å². The largest absolute Gasteiger partial charge is 0.496 e. The van der Waals surface area contributed by atoms with Gasteiger partial charge < -0.3 is 15.2 Å². The fourth-order valence-electron chi connectivity index (χ4n) is 2.50. The van der Waals surface area contributed by atoms with E-state index in [4.69, 9.17) is 9.84 Å². The van der Waals surface area contributed by atoms with Crippen LogP contribution in [0.3, 0.4) is 0 Å². The second-order valence-corrected chi connectivity index (χ2v) is 6.44. The van der Waals surface area contributed by atoms with Gasteiger partial charge in [0.05, 0.1) is 19.7 Å². The minimum absolute atomic E-state index is 0.250. The third-order valence-electron chi connectivity index (χ3n) is 3.60. The van der Waals surface area contributed by atoms with Crippen molar-refractivity contribution in [2.75, 3.05) is 7.11 Å². The first-order valence-corrected chi connectivity index (χ1v) is 8.32. The highest BCUT2D eigenvalue weighted by atomic mass is 32.2. The number of nitrogens with one attached hydrogen (secondary N) is 1. The number of fused-ring (bicyclic) bond motifs is 1. The summed E-state index contributed by atoms with van der Waals surface area (Å²) in [4.78, 5) is 22.4. The van der Waals surface area contributed by atoms with Crippen molar-refractivity contribution < 1.29 is 19.4 Å². The third kappa shape index (κ3) is 3.80. The number of hydrogen-bond acceptors (Lipinski definition) is 6. The number of benzene rings is 2. The van der Waals surface area contributed by atoms with Crippen LogP contribution in [0.5, 0.6) is 5.75 Å². The highest BCUT2D eigenvalue weighted by Crippen LogP contribution is 2.28. The number of carboxylic acids is 1. The first-order valence-electron chi connectivity index (χ1n) is 7.44. The molecule has 128 valence electrons. The van der Waals surface area contributed by atoms with Gasteiger partial charge in [-0.2, -0.15) is 5.10 Å². The van der Waals surface area contributed by atoms with E-state index in [1.54, 1.807) is 13.3 Å². The van der Waals surface area contributed by atoms with Crippen LogP contribution in [-0.4, -0.2) is 40.7 Å². The molecular formula is C17H15N3O4S. The lowest BCUT2D eigenvalue weighted by molar-refractivity contribution is -0.138. The van der Waals surface area contributed by atoms with Crippen LogP contribution in [0.1, 0.15) is 12.0 Å². The first-order chi connectivity index (χ1) is 12.1. The molecular weight excluding hydrogens is 342 g/mol. The van der Waals surface area contributed by atoms with Crippen LogP contribution < -0.4 is 10.1 Å². The molecule has 0 radical (unpaired) electrons. The molecule has 0 aliphatic carbocycles. The molecule has 8 heteroatoms. The van der Waals surface area contributed by atoms with Crippen LogP contribution in [-0.2, 0) is 9.59 Å². The zero-order valence-electron chi connectivity index (χ0n) is 13.3. The van der Waals surface area contributed by atoms with Gasteiger partial charge in [-0.15, -0.1) is 5.10 Å². The molecule has 25 heavy (non-hydrogen) atoms. The van der Waals surface area contributed by atoms with Crippen molar-refractivity contribution in [3.8, 4) is 5.75 Å². The molecule has 3 rings (SSSR count). The summed E-state index contributed by atoms with van der Waals surface area (Å²) in [7, 11) is 1.61. The average molecular weight is 357 g/mol. The molecule has 1 atom stereocenters. The van der Waals surface area contributed by atoms with Gasteiger partial charge in [0.15, 0.2) is 5.17 Å². The fraction of sp³-hybridized carbons (Fsp3) is 0.176. The molecule has 1 fully saturated rings.